The van der Waals surface area contributed by atoms with Crippen LogP contribution in [0.3, 0.4) is 0 Å². The minimum atomic E-state index is -0.136. The van der Waals surface area contributed by atoms with E-state index in [1.54, 1.807) is 7.11 Å². The van der Waals surface area contributed by atoms with Gasteiger partial charge in [0.25, 0.3) is 5.91 Å². The zero-order chi connectivity index (χ0) is 11.9. The molecule has 1 aromatic carbocycles. The summed E-state index contributed by atoms with van der Waals surface area (Å²) in [5.41, 5.74) is 1.72. The van der Waals surface area contributed by atoms with E-state index in [4.69, 9.17) is 4.74 Å². The fraction of sp³-hybridized carbons (Fsp3) is 0.462. The second kappa shape index (κ2) is 3.51. The van der Waals surface area contributed by atoms with Gasteiger partial charge >= 0.3 is 0 Å². The molecular weight excluding hydrogens is 202 g/mol. The highest BCUT2D eigenvalue weighted by molar-refractivity contribution is 5.99. The Morgan fingerprint density at radius 2 is 2.00 bits per heavy atom. The van der Waals surface area contributed by atoms with Gasteiger partial charge < -0.3 is 9.64 Å². The number of hydrogen-bond acceptors (Lipinski definition) is 2. The van der Waals surface area contributed by atoms with Crippen LogP contribution in [0.5, 0.6) is 5.75 Å². The summed E-state index contributed by atoms with van der Waals surface area (Å²) in [4.78, 5) is 14.1. The summed E-state index contributed by atoms with van der Waals surface area (Å²) >= 11 is 0. The summed E-state index contributed by atoms with van der Waals surface area (Å²) < 4.78 is 5.14. The lowest BCUT2D eigenvalue weighted by atomic mass is 10.1. The number of nitrogens with zero attached hydrogens (tertiary/aromatic N) is 1. The Labute approximate surface area is 96.0 Å². The van der Waals surface area contributed by atoms with Crippen LogP contribution in [0.25, 0.3) is 0 Å². The fourth-order valence-corrected chi connectivity index (χ4v) is 1.95. The number of methoxy groups -OCH3 is 1. The first-order chi connectivity index (χ1) is 7.43. The van der Waals surface area contributed by atoms with Gasteiger partial charge in [0.05, 0.1) is 7.11 Å². The maximum atomic E-state index is 12.2. The van der Waals surface area contributed by atoms with Crippen LogP contribution in [-0.4, -0.2) is 23.5 Å². The first-order valence-corrected chi connectivity index (χ1v) is 5.42. The van der Waals surface area contributed by atoms with Crippen molar-refractivity contribution in [1.82, 2.24) is 4.90 Å². The van der Waals surface area contributed by atoms with Crippen LogP contribution < -0.4 is 4.74 Å². The van der Waals surface area contributed by atoms with Crippen LogP contribution in [0.15, 0.2) is 18.2 Å². The Balaban J connectivity index is 2.39. The second-order valence-electron chi connectivity index (χ2n) is 5.09. The minimum Gasteiger partial charge on any atom is -0.497 e. The molecule has 0 aromatic heterocycles. The average molecular weight is 219 g/mol. The van der Waals surface area contributed by atoms with Crippen molar-refractivity contribution in [3.05, 3.63) is 29.3 Å². The first-order valence-electron chi connectivity index (χ1n) is 5.42. The Morgan fingerprint density at radius 3 is 2.56 bits per heavy atom. The van der Waals surface area contributed by atoms with Crippen LogP contribution in [0, 0.1) is 0 Å². The van der Waals surface area contributed by atoms with E-state index in [-0.39, 0.29) is 11.4 Å². The van der Waals surface area contributed by atoms with Crippen molar-refractivity contribution in [1.29, 1.82) is 0 Å². The van der Waals surface area contributed by atoms with Crippen LogP contribution in [0.4, 0.5) is 0 Å². The lowest BCUT2D eigenvalue weighted by molar-refractivity contribution is 0.0609. The normalized spacial score (nSPS) is 15.2. The number of carbonyl (C=O) groups excluding carboxylic acids is 1. The summed E-state index contributed by atoms with van der Waals surface area (Å²) in [6.45, 7) is 6.84. The van der Waals surface area contributed by atoms with Gasteiger partial charge in [0.2, 0.25) is 0 Å². The lowest BCUT2D eigenvalue weighted by Crippen LogP contribution is -2.41. The Morgan fingerprint density at radius 1 is 1.31 bits per heavy atom. The first kappa shape index (κ1) is 11.0. The van der Waals surface area contributed by atoms with Crippen LogP contribution in [0.2, 0.25) is 0 Å². The summed E-state index contributed by atoms with van der Waals surface area (Å²) in [5.74, 6) is 0.837. The number of fused-ring (bicyclic) bond motifs is 1. The smallest absolute Gasteiger partial charge is 0.255 e. The number of benzene rings is 1. The molecular formula is C13H17NO2. The van der Waals surface area contributed by atoms with Gasteiger partial charge in [-0.1, -0.05) is 6.07 Å². The highest BCUT2D eigenvalue weighted by Crippen LogP contribution is 2.31. The number of amides is 1. The topological polar surface area (TPSA) is 29.5 Å². The Bertz CT molecular complexity index is 432. The van der Waals surface area contributed by atoms with Crippen LogP contribution in [-0.2, 0) is 6.54 Å². The van der Waals surface area contributed by atoms with Crippen molar-refractivity contribution in [2.24, 2.45) is 0 Å². The van der Waals surface area contributed by atoms with Gasteiger partial charge in [-0.15, -0.1) is 0 Å². The fourth-order valence-electron chi connectivity index (χ4n) is 1.95. The molecule has 0 spiro atoms. The van der Waals surface area contributed by atoms with E-state index < -0.39 is 0 Å². The maximum absolute atomic E-state index is 12.2. The van der Waals surface area contributed by atoms with E-state index in [0.717, 1.165) is 16.9 Å². The van der Waals surface area contributed by atoms with E-state index in [1.807, 2.05) is 43.9 Å². The number of ether oxygens (including phenoxy) is 1. The highest BCUT2D eigenvalue weighted by Gasteiger charge is 2.34. The van der Waals surface area contributed by atoms with Crippen molar-refractivity contribution in [3.63, 3.8) is 0 Å². The molecule has 1 amide bonds. The molecule has 0 radical (unpaired) electrons. The second-order valence-corrected chi connectivity index (χ2v) is 5.09. The number of carbonyl (C=O) groups is 1. The quantitative estimate of drug-likeness (QED) is 0.726. The molecule has 2 rings (SSSR count). The van der Waals surface area contributed by atoms with E-state index in [2.05, 4.69) is 0 Å². The zero-order valence-electron chi connectivity index (χ0n) is 10.2. The molecule has 0 unspecified atom stereocenters. The number of hydrogen-bond donors (Lipinski definition) is 0. The van der Waals surface area contributed by atoms with Gasteiger partial charge in [0.15, 0.2) is 0 Å². The van der Waals surface area contributed by atoms with E-state index in [1.165, 1.54) is 0 Å². The summed E-state index contributed by atoms with van der Waals surface area (Å²) in [5, 5.41) is 0. The van der Waals surface area contributed by atoms with Crippen molar-refractivity contribution in [3.8, 4) is 5.75 Å². The van der Waals surface area contributed by atoms with Crippen LogP contribution in [0.1, 0.15) is 36.7 Å². The zero-order valence-corrected chi connectivity index (χ0v) is 10.2. The van der Waals surface area contributed by atoms with Gasteiger partial charge in [0.1, 0.15) is 5.75 Å². The molecule has 3 heteroatoms. The third-order valence-electron chi connectivity index (χ3n) is 2.93. The molecule has 1 heterocycles. The van der Waals surface area contributed by atoms with E-state index >= 15 is 0 Å². The standard InChI is InChI=1S/C13H17NO2/c1-13(2,3)14-8-9-5-6-10(16-4)7-11(9)12(14)15/h5-7H,8H2,1-4H3. The number of rotatable bonds is 1. The van der Waals surface area contributed by atoms with Gasteiger partial charge in [-0.05, 0) is 38.5 Å². The highest BCUT2D eigenvalue weighted by atomic mass is 16.5. The molecule has 1 aromatic rings. The van der Waals surface area contributed by atoms with Crippen molar-refractivity contribution >= 4 is 5.91 Å². The van der Waals surface area contributed by atoms with Gasteiger partial charge in [-0.2, -0.15) is 0 Å². The van der Waals surface area contributed by atoms with Crippen LogP contribution >= 0.6 is 0 Å². The molecule has 0 bridgehead atoms. The summed E-state index contributed by atoms with van der Waals surface area (Å²) in [7, 11) is 1.61. The predicted octanol–water partition coefficient (Wildman–Crippen LogP) is 2.45. The monoisotopic (exact) mass is 219 g/mol. The molecule has 86 valence electrons. The maximum Gasteiger partial charge on any atom is 0.255 e. The van der Waals surface area contributed by atoms with Gasteiger partial charge in [-0.3, -0.25) is 4.79 Å². The average Bonchev–Trinajstić information content (AvgIpc) is 2.55. The summed E-state index contributed by atoms with van der Waals surface area (Å²) in [6, 6.07) is 5.69. The molecule has 1 aliphatic heterocycles. The molecule has 0 saturated carbocycles. The Hall–Kier alpha value is -1.51. The van der Waals surface area contributed by atoms with Gasteiger partial charge in [-0.25, -0.2) is 0 Å². The molecule has 0 saturated heterocycles. The SMILES string of the molecule is COc1ccc2c(c1)C(=O)N(C(C)(C)C)C2. The third-order valence-corrected chi connectivity index (χ3v) is 2.93. The third kappa shape index (κ3) is 1.66. The lowest BCUT2D eigenvalue weighted by Gasteiger charge is -2.31. The molecule has 3 nitrogen and oxygen atoms in total. The Kier molecular flexibility index (Phi) is 2.41. The minimum absolute atomic E-state index is 0.0985. The van der Waals surface area contributed by atoms with Crippen molar-refractivity contribution in [2.45, 2.75) is 32.9 Å². The molecule has 0 fully saturated rings. The van der Waals surface area contributed by atoms with E-state index in [9.17, 15) is 4.79 Å². The van der Waals surface area contributed by atoms with E-state index in [0.29, 0.717) is 6.54 Å². The predicted molar refractivity (Wildman–Crippen MR) is 62.6 cm³/mol. The molecule has 1 aliphatic rings. The van der Waals surface area contributed by atoms with Crippen molar-refractivity contribution < 1.29 is 9.53 Å². The van der Waals surface area contributed by atoms with Crippen molar-refractivity contribution in [2.75, 3.05) is 7.11 Å². The molecule has 16 heavy (non-hydrogen) atoms. The molecule has 0 atom stereocenters. The summed E-state index contributed by atoms with van der Waals surface area (Å²) in [6.07, 6.45) is 0. The molecule has 0 N–H and O–H groups in total. The largest absolute Gasteiger partial charge is 0.497 e. The molecule has 0 aliphatic carbocycles. The van der Waals surface area contributed by atoms with Gasteiger partial charge in [0, 0.05) is 17.6 Å².